The summed E-state index contributed by atoms with van der Waals surface area (Å²) in [5.41, 5.74) is 1.52. The number of rotatable bonds is 5. The number of hydrogen-bond acceptors (Lipinski definition) is 7. The molecule has 2 aliphatic heterocycles. The molecule has 0 radical (unpaired) electrons. The van der Waals surface area contributed by atoms with Crippen molar-refractivity contribution in [3.63, 3.8) is 0 Å². The number of aromatic nitrogens is 1. The topological polar surface area (TPSA) is 115 Å². The zero-order valence-electron chi connectivity index (χ0n) is 16.0. The van der Waals surface area contributed by atoms with Gasteiger partial charge in [-0.25, -0.2) is 13.4 Å². The summed E-state index contributed by atoms with van der Waals surface area (Å²) < 4.78 is 32.9. The quantitative estimate of drug-likeness (QED) is 0.586. The number of nitrogens with one attached hydrogen (secondary N) is 1. The lowest BCUT2D eigenvalue weighted by Gasteiger charge is -2.31. The molecule has 1 saturated heterocycles. The molecule has 9 nitrogen and oxygen atoms in total. The Bertz CT molecular complexity index is 1050. The molecule has 10 heteroatoms. The molecular formula is C19H22N4O5S. The van der Waals surface area contributed by atoms with Gasteiger partial charge in [0.2, 0.25) is 15.8 Å². The van der Waals surface area contributed by atoms with E-state index in [2.05, 4.69) is 10.3 Å². The van der Waals surface area contributed by atoms with Crippen molar-refractivity contribution in [1.29, 1.82) is 0 Å². The minimum atomic E-state index is -3.58. The average Bonchev–Trinajstić information content (AvgIpc) is 3.16. The standard InChI is InChI=1S/C19H22N4O5S/c1-13-2-4-17(23(24)25)19(20-13)21-15-6-9-22(10-7-15)29(26,27)16-3-5-18-14(12-16)8-11-28-18/h2-5,12,15H,6-11H2,1H3,(H,20,21). The third-order valence-corrected chi connectivity index (χ3v) is 7.20. The Morgan fingerprint density at radius 3 is 2.72 bits per heavy atom. The molecule has 4 rings (SSSR count). The number of pyridine rings is 1. The number of ether oxygens (including phenoxy) is 1. The Balaban J connectivity index is 1.44. The molecular weight excluding hydrogens is 396 g/mol. The van der Waals surface area contributed by atoms with Crippen molar-refractivity contribution in [2.45, 2.75) is 37.1 Å². The van der Waals surface area contributed by atoms with Gasteiger partial charge in [-0.3, -0.25) is 10.1 Å². The van der Waals surface area contributed by atoms with Crippen molar-refractivity contribution in [3.05, 3.63) is 51.7 Å². The van der Waals surface area contributed by atoms with Crippen LogP contribution in [0, 0.1) is 17.0 Å². The molecule has 2 aliphatic rings. The summed E-state index contributed by atoms with van der Waals surface area (Å²) >= 11 is 0. The van der Waals surface area contributed by atoms with Crippen LogP contribution in [-0.4, -0.2) is 48.4 Å². The third-order valence-electron chi connectivity index (χ3n) is 5.30. The summed E-state index contributed by atoms with van der Waals surface area (Å²) in [6.45, 7) is 3.03. The lowest BCUT2D eigenvalue weighted by atomic mass is 10.1. The number of aryl methyl sites for hydroxylation is 1. The Labute approximate surface area is 168 Å². The molecule has 29 heavy (non-hydrogen) atoms. The Kier molecular flexibility index (Phi) is 5.13. The van der Waals surface area contributed by atoms with Crippen LogP contribution in [0.5, 0.6) is 5.75 Å². The van der Waals surface area contributed by atoms with Gasteiger partial charge in [0.05, 0.1) is 16.4 Å². The smallest absolute Gasteiger partial charge is 0.311 e. The summed E-state index contributed by atoms with van der Waals surface area (Å²) in [5, 5.41) is 14.4. The van der Waals surface area contributed by atoms with Gasteiger partial charge in [0.15, 0.2) is 0 Å². The van der Waals surface area contributed by atoms with Crippen LogP contribution in [-0.2, 0) is 16.4 Å². The molecule has 2 aromatic rings. The summed E-state index contributed by atoms with van der Waals surface area (Å²) in [5.74, 6) is 0.981. The normalized spacial score (nSPS) is 17.6. The third kappa shape index (κ3) is 3.90. The van der Waals surface area contributed by atoms with Gasteiger partial charge in [-0.1, -0.05) is 0 Å². The van der Waals surface area contributed by atoms with Crippen molar-refractivity contribution in [2.24, 2.45) is 0 Å². The van der Waals surface area contributed by atoms with E-state index in [0.717, 1.165) is 11.3 Å². The van der Waals surface area contributed by atoms with E-state index in [-0.39, 0.29) is 22.4 Å². The first-order valence-electron chi connectivity index (χ1n) is 9.49. The summed E-state index contributed by atoms with van der Waals surface area (Å²) in [7, 11) is -3.58. The van der Waals surface area contributed by atoms with Crippen molar-refractivity contribution >= 4 is 21.5 Å². The second-order valence-corrected chi connectivity index (χ2v) is 9.21. The molecule has 1 aromatic carbocycles. The molecule has 0 amide bonds. The van der Waals surface area contributed by atoms with E-state index in [0.29, 0.717) is 44.7 Å². The molecule has 0 unspecified atom stereocenters. The number of benzene rings is 1. The number of nitrogens with zero attached hydrogens (tertiary/aromatic N) is 3. The zero-order valence-corrected chi connectivity index (χ0v) is 16.8. The van der Waals surface area contributed by atoms with Gasteiger partial charge in [0, 0.05) is 37.3 Å². The number of piperidine rings is 1. The second kappa shape index (κ2) is 7.60. The molecule has 1 aromatic heterocycles. The van der Waals surface area contributed by atoms with E-state index in [1.54, 1.807) is 31.2 Å². The minimum absolute atomic E-state index is 0.0778. The fraction of sp³-hybridized carbons (Fsp3) is 0.421. The highest BCUT2D eigenvalue weighted by Gasteiger charge is 2.31. The molecule has 1 N–H and O–H groups in total. The first-order valence-corrected chi connectivity index (χ1v) is 10.9. The first-order chi connectivity index (χ1) is 13.8. The summed E-state index contributed by atoms with van der Waals surface area (Å²) in [6.07, 6.45) is 1.80. The predicted molar refractivity (Wildman–Crippen MR) is 107 cm³/mol. The van der Waals surface area contributed by atoms with Gasteiger partial charge >= 0.3 is 5.69 Å². The lowest BCUT2D eigenvalue weighted by Crippen LogP contribution is -2.42. The van der Waals surface area contributed by atoms with E-state index >= 15 is 0 Å². The zero-order chi connectivity index (χ0) is 20.6. The fourth-order valence-corrected chi connectivity index (χ4v) is 5.23. The second-order valence-electron chi connectivity index (χ2n) is 7.27. The maximum Gasteiger partial charge on any atom is 0.311 e. The van der Waals surface area contributed by atoms with Crippen molar-refractivity contribution in [2.75, 3.05) is 25.0 Å². The molecule has 0 atom stereocenters. The first kappa shape index (κ1) is 19.6. The minimum Gasteiger partial charge on any atom is -0.493 e. The van der Waals surface area contributed by atoms with Crippen LogP contribution in [0.1, 0.15) is 24.1 Å². The molecule has 1 fully saturated rings. The van der Waals surface area contributed by atoms with Crippen LogP contribution in [0.25, 0.3) is 0 Å². The Morgan fingerprint density at radius 1 is 1.24 bits per heavy atom. The maximum atomic E-state index is 13.0. The van der Waals surface area contributed by atoms with Gasteiger partial charge < -0.3 is 10.1 Å². The van der Waals surface area contributed by atoms with Crippen LogP contribution in [0.2, 0.25) is 0 Å². The van der Waals surface area contributed by atoms with Crippen molar-refractivity contribution in [3.8, 4) is 5.75 Å². The van der Waals surface area contributed by atoms with E-state index in [4.69, 9.17) is 4.74 Å². The number of sulfonamides is 1. The van der Waals surface area contributed by atoms with Crippen LogP contribution in [0.4, 0.5) is 11.5 Å². The maximum absolute atomic E-state index is 13.0. The van der Waals surface area contributed by atoms with Gasteiger partial charge in [-0.2, -0.15) is 4.31 Å². The molecule has 0 spiro atoms. The highest BCUT2D eigenvalue weighted by Crippen LogP contribution is 2.30. The highest BCUT2D eigenvalue weighted by atomic mass is 32.2. The molecule has 3 heterocycles. The predicted octanol–water partition coefficient (Wildman–Crippen LogP) is 2.50. The van der Waals surface area contributed by atoms with Gasteiger partial charge in [-0.15, -0.1) is 0 Å². The fourth-order valence-electron chi connectivity index (χ4n) is 3.71. The van der Waals surface area contributed by atoms with Gasteiger partial charge in [-0.05, 0) is 49.6 Å². The summed E-state index contributed by atoms with van der Waals surface area (Å²) in [6, 6.07) is 7.95. The Hall–Kier alpha value is -2.72. The van der Waals surface area contributed by atoms with E-state index in [1.165, 1.54) is 10.4 Å². The lowest BCUT2D eigenvalue weighted by molar-refractivity contribution is -0.384. The number of hydrogen-bond donors (Lipinski definition) is 1. The SMILES string of the molecule is Cc1ccc([N+](=O)[O-])c(NC2CCN(S(=O)(=O)c3ccc4c(c3)CCO4)CC2)n1. The molecule has 0 saturated carbocycles. The van der Waals surface area contributed by atoms with Gasteiger partial charge in [0.1, 0.15) is 5.75 Å². The van der Waals surface area contributed by atoms with E-state index in [1.807, 2.05) is 0 Å². The van der Waals surface area contributed by atoms with E-state index < -0.39 is 14.9 Å². The summed E-state index contributed by atoms with van der Waals surface area (Å²) in [4.78, 5) is 15.3. The van der Waals surface area contributed by atoms with Crippen molar-refractivity contribution in [1.82, 2.24) is 9.29 Å². The monoisotopic (exact) mass is 418 g/mol. The highest BCUT2D eigenvalue weighted by molar-refractivity contribution is 7.89. The van der Waals surface area contributed by atoms with Crippen LogP contribution >= 0.6 is 0 Å². The van der Waals surface area contributed by atoms with Gasteiger partial charge in [0.25, 0.3) is 0 Å². The molecule has 0 aliphatic carbocycles. The van der Waals surface area contributed by atoms with Crippen LogP contribution in [0.3, 0.4) is 0 Å². The molecule has 0 bridgehead atoms. The van der Waals surface area contributed by atoms with E-state index in [9.17, 15) is 18.5 Å². The average molecular weight is 418 g/mol. The Morgan fingerprint density at radius 2 is 2.00 bits per heavy atom. The number of nitro groups is 1. The molecule has 154 valence electrons. The number of fused-ring (bicyclic) bond motifs is 1. The van der Waals surface area contributed by atoms with Crippen LogP contribution < -0.4 is 10.1 Å². The van der Waals surface area contributed by atoms with Crippen molar-refractivity contribution < 1.29 is 18.1 Å². The van der Waals surface area contributed by atoms with Crippen LogP contribution in [0.15, 0.2) is 35.2 Å². The largest absolute Gasteiger partial charge is 0.493 e. The number of anilines is 1.